The van der Waals surface area contributed by atoms with Crippen LogP contribution in [0.25, 0.3) is 6.08 Å². The molecule has 0 bridgehead atoms. The molecule has 0 atom stereocenters. The van der Waals surface area contributed by atoms with Gasteiger partial charge in [-0.2, -0.15) is 0 Å². The Morgan fingerprint density at radius 1 is 1.30 bits per heavy atom. The third-order valence-corrected chi connectivity index (χ3v) is 4.84. The SMILES string of the molecule is COc1cc(C=CC(=O)c2sccc2Br)c([N+](=O)[O-])cc1OC. The first kappa shape index (κ1) is 17.2. The Labute approximate surface area is 144 Å². The number of hydrogen-bond acceptors (Lipinski definition) is 6. The fraction of sp³-hybridized carbons (Fsp3) is 0.133. The van der Waals surface area contributed by atoms with Crippen LogP contribution in [0.5, 0.6) is 11.5 Å². The highest BCUT2D eigenvalue weighted by Crippen LogP contribution is 2.35. The van der Waals surface area contributed by atoms with Gasteiger partial charge in [0.1, 0.15) is 0 Å². The predicted molar refractivity (Wildman–Crippen MR) is 91.6 cm³/mol. The lowest BCUT2D eigenvalue weighted by Gasteiger charge is -2.08. The van der Waals surface area contributed by atoms with Crippen molar-refractivity contribution in [3.63, 3.8) is 0 Å². The monoisotopic (exact) mass is 397 g/mol. The van der Waals surface area contributed by atoms with Crippen LogP contribution in [0.4, 0.5) is 5.69 Å². The van der Waals surface area contributed by atoms with Gasteiger partial charge >= 0.3 is 0 Å². The maximum absolute atomic E-state index is 12.1. The van der Waals surface area contributed by atoms with Crippen LogP contribution in [-0.4, -0.2) is 24.9 Å². The van der Waals surface area contributed by atoms with Crippen molar-refractivity contribution >= 4 is 44.8 Å². The van der Waals surface area contributed by atoms with Gasteiger partial charge in [0.25, 0.3) is 5.69 Å². The molecule has 1 aromatic carbocycles. The number of hydrogen-bond donors (Lipinski definition) is 0. The highest BCUT2D eigenvalue weighted by atomic mass is 79.9. The van der Waals surface area contributed by atoms with Crippen molar-refractivity contribution in [2.75, 3.05) is 14.2 Å². The summed E-state index contributed by atoms with van der Waals surface area (Å²) in [6, 6.07) is 4.50. The molecule has 0 aliphatic rings. The van der Waals surface area contributed by atoms with Crippen LogP contribution < -0.4 is 9.47 Å². The standard InChI is InChI=1S/C15H12BrNO5S/c1-21-13-7-9(11(17(19)20)8-14(13)22-2)3-4-12(18)15-10(16)5-6-23-15/h3-8H,1-2H3. The number of ketones is 1. The summed E-state index contributed by atoms with van der Waals surface area (Å²) in [7, 11) is 2.83. The lowest BCUT2D eigenvalue weighted by molar-refractivity contribution is -0.385. The van der Waals surface area contributed by atoms with Crippen molar-refractivity contribution in [3.8, 4) is 11.5 Å². The average molecular weight is 398 g/mol. The number of nitrogens with zero attached hydrogens (tertiary/aromatic N) is 1. The van der Waals surface area contributed by atoms with E-state index in [-0.39, 0.29) is 22.8 Å². The fourth-order valence-electron chi connectivity index (χ4n) is 1.89. The number of benzene rings is 1. The minimum Gasteiger partial charge on any atom is -0.493 e. The van der Waals surface area contributed by atoms with Gasteiger partial charge in [-0.15, -0.1) is 11.3 Å². The average Bonchev–Trinajstić information content (AvgIpc) is 2.97. The molecule has 6 nitrogen and oxygen atoms in total. The predicted octanol–water partition coefficient (Wildman–Crippen LogP) is 4.33. The fourth-order valence-corrected chi connectivity index (χ4v) is 3.37. The summed E-state index contributed by atoms with van der Waals surface area (Å²) in [5.74, 6) is 0.363. The molecule has 2 rings (SSSR count). The Kier molecular flexibility index (Phi) is 5.51. The highest BCUT2D eigenvalue weighted by Gasteiger charge is 2.18. The second-order valence-corrected chi connectivity index (χ2v) is 6.09. The van der Waals surface area contributed by atoms with Gasteiger partial charge in [-0.25, -0.2) is 0 Å². The van der Waals surface area contributed by atoms with Crippen LogP contribution in [0, 0.1) is 10.1 Å². The van der Waals surface area contributed by atoms with Gasteiger partial charge in [-0.1, -0.05) is 0 Å². The van der Waals surface area contributed by atoms with Gasteiger partial charge in [-0.3, -0.25) is 14.9 Å². The maximum atomic E-state index is 12.1. The zero-order valence-corrected chi connectivity index (χ0v) is 14.6. The molecule has 120 valence electrons. The van der Waals surface area contributed by atoms with E-state index in [0.717, 1.165) is 0 Å². The van der Waals surface area contributed by atoms with E-state index in [4.69, 9.17) is 9.47 Å². The largest absolute Gasteiger partial charge is 0.493 e. The van der Waals surface area contributed by atoms with Crippen LogP contribution in [-0.2, 0) is 0 Å². The van der Waals surface area contributed by atoms with Crippen LogP contribution in [0.15, 0.2) is 34.1 Å². The number of ether oxygens (including phenoxy) is 2. The molecule has 0 aliphatic carbocycles. The van der Waals surface area contributed by atoms with E-state index in [1.807, 2.05) is 0 Å². The number of rotatable bonds is 6. The van der Waals surface area contributed by atoms with E-state index in [9.17, 15) is 14.9 Å². The quantitative estimate of drug-likeness (QED) is 0.313. The smallest absolute Gasteiger partial charge is 0.280 e. The molecule has 0 radical (unpaired) electrons. The molecule has 0 N–H and O–H groups in total. The first-order valence-corrected chi connectivity index (χ1v) is 8.01. The molecule has 0 amide bonds. The number of nitro benzene ring substituents is 1. The lowest BCUT2D eigenvalue weighted by Crippen LogP contribution is -1.97. The Balaban J connectivity index is 2.42. The van der Waals surface area contributed by atoms with Gasteiger partial charge in [0.2, 0.25) is 0 Å². The summed E-state index contributed by atoms with van der Waals surface area (Å²) in [4.78, 5) is 23.3. The summed E-state index contributed by atoms with van der Waals surface area (Å²) in [5.41, 5.74) is 0.0885. The second-order valence-electron chi connectivity index (χ2n) is 4.32. The van der Waals surface area contributed by atoms with Crippen LogP contribution in [0.1, 0.15) is 15.2 Å². The van der Waals surface area contributed by atoms with E-state index < -0.39 is 4.92 Å². The zero-order valence-electron chi connectivity index (χ0n) is 12.2. The summed E-state index contributed by atoms with van der Waals surface area (Å²) < 4.78 is 10.9. The minimum atomic E-state index is -0.535. The molecule has 1 heterocycles. The summed E-state index contributed by atoms with van der Waals surface area (Å²) in [5, 5.41) is 13.0. The summed E-state index contributed by atoms with van der Waals surface area (Å²) in [6.45, 7) is 0. The Bertz CT molecular complexity index is 784. The number of carbonyl (C=O) groups is 1. The topological polar surface area (TPSA) is 78.7 Å². The Morgan fingerprint density at radius 3 is 2.48 bits per heavy atom. The van der Waals surface area contributed by atoms with Crippen molar-refractivity contribution in [2.24, 2.45) is 0 Å². The highest BCUT2D eigenvalue weighted by molar-refractivity contribution is 9.10. The molecule has 0 saturated carbocycles. The summed E-state index contributed by atoms with van der Waals surface area (Å²) >= 11 is 4.57. The molecule has 2 aromatic rings. The maximum Gasteiger partial charge on any atom is 0.280 e. The number of allylic oxidation sites excluding steroid dienone is 1. The van der Waals surface area contributed by atoms with Crippen molar-refractivity contribution in [2.45, 2.75) is 0 Å². The summed E-state index contributed by atoms with van der Waals surface area (Å²) in [6.07, 6.45) is 2.69. The molecule has 0 spiro atoms. The van der Waals surface area contributed by atoms with Crippen molar-refractivity contribution in [1.29, 1.82) is 0 Å². The van der Waals surface area contributed by atoms with E-state index in [0.29, 0.717) is 15.1 Å². The number of halogens is 1. The molecule has 8 heteroatoms. The molecule has 0 aliphatic heterocycles. The van der Waals surface area contributed by atoms with Gasteiger partial charge in [-0.05, 0) is 45.6 Å². The minimum absolute atomic E-state index is 0.169. The van der Waals surface area contributed by atoms with Gasteiger partial charge in [0, 0.05) is 4.47 Å². The number of carbonyl (C=O) groups excluding carboxylic acids is 1. The number of nitro groups is 1. The van der Waals surface area contributed by atoms with Crippen LogP contribution in [0.3, 0.4) is 0 Å². The molecule has 1 aromatic heterocycles. The molecular weight excluding hydrogens is 386 g/mol. The van der Waals surface area contributed by atoms with Crippen molar-refractivity contribution in [1.82, 2.24) is 0 Å². The molecule has 0 unspecified atom stereocenters. The number of methoxy groups -OCH3 is 2. The number of thiophene rings is 1. The van der Waals surface area contributed by atoms with Gasteiger partial charge < -0.3 is 9.47 Å². The third kappa shape index (κ3) is 3.77. The normalized spacial score (nSPS) is 10.7. The molecule has 23 heavy (non-hydrogen) atoms. The second kappa shape index (κ2) is 7.38. The van der Waals surface area contributed by atoms with E-state index in [1.54, 1.807) is 11.4 Å². The third-order valence-electron chi connectivity index (χ3n) is 2.98. The van der Waals surface area contributed by atoms with Gasteiger partial charge in [0.15, 0.2) is 17.3 Å². The molecule has 0 fully saturated rings. The zero-order chi connectivity index (χ0) is 17.0. The molecule has 0 saturated heterocycles. The van der Waals surface area contributed by atoms with Crippen molar-refractivity contribution < 1.29 is 19.2 Å². The lowest BCUT2D eigenvalue weighted by atomic mass is 10.1. The van der Waals surface area contributed by atoms with Crippen molar-refractivity contribution in [3.05, 3.63) is 54.7 Å². The van der Waals surface area contributed by atoms with Crippen LogP contribution >= 0.6 is 27.3 Å². The molecular formula is C15H12BrNO5S. The Morgan fingerprint density at radius 2 is 1.96 bits per heavy atom. The van der Waals surface area contributed by atoms with Crippen LogP contribution in [0.2, 0.25) is 0 Å². The van der Waals surface area contributed by atoms with Gasteiger partial charge in [0.05, 0.1) is 35.6 Å². The Hall–Kier alpha value is -2.19. The first-order chi connectivity index (χ1) is 11.0. The van der Waals surface area contributed by atoms with E-state index >= 15 is 0 Å². The first-order valence-electron chi connectivity index (χ1n) is 6.33. The van der Waals surface area contributed by atoms with E-state index in [2.05, 4.69) is 15.9 Å². The van der Waals surface area contributed by atoms with E-state index in [1.165, 1.54) is 49.8 Å².